The minimum absolute atomic E-state index is 0.822. The third kappa shape index (κ3) is 5.22. The second-order valence-electron chi connectivity index (χ2n) is 9.08. The first-order chi connectivity index (χ1) is 15.8. The molecule has 5 heteroatoms. The van der Waals surface area contributed by atoms with Crippen LogP contribution < -0.4 is 4.74 Å². The number of benzene rings is 3. The van der Waals surface area contributed by atoms with Crippen LogP contribution in [0.2, 0.25) is 19.6 Å². The maximum atomic E-state index is 5.28. The summed E-state index contributed by atoms with van der Waals surface area (Å²) in [5, 5.41) is 10.5. The normalized spacial score (nSPS) is 11.1. The van der Waals surface area contributed by atoms with E-state index in [0.717, 1.165) is 39.0 Å². The summed E-state index contributed by atoms with van der Waals surface area (Å²) in [6.45, 7) is 8.99. The molecule has 3 aromatic carbocycles. The lowest BCUT2D eigenvalue weighted by molar-refractivity contribution is 0.415. The summed E-state index contributed by atoms with van der Waals surface area (Å²) in [6.07, 6.45) is 1.82. The highest BCUT2D eigenvalue weighted by molar-refractivity contribution is 6.92. The molecule has 0 aliphatic heterocycles. The van der Waals surface area contributed by atoms with Crippen LogP contribution in [0.1, 0.15) is 16.7 Å². The second kappa shape index (κ2) is 9.45. The molecule has 0 fully saturated rings. The molecule has 1 aromatic heterocycles. The van der Waals surface area contributed by atoms with Gasteiger partial charge in [-0.15, -0.1) is 5.10 Å². The van der Waals surface area contributed by atoms with Gasteiger partial charge in [0.05, 0.1) is 18.6 Å². The Hall–Kier alpha value is -3.66. The number of aromatic nitrogens is 3. The molecule has 4 aromatic rings. The topological polar surface area (TPSA) is 39.9 Å². The van der Waals surface area contributed by atoms with Gasteiger partial charge < -0.3 is 4.74 Å². The lowest BCUT2D eigenvalue weighted by atomic mass is 9.98. The summed E-state index contributed by atoms with van der Waals surface area (Å²) in [6, 6.07) is 26.9. The zero-order chi connectivity index (χ0) is 23.4. The maximum absolute atomic E-state index is 5.28. The zero-order valence-corrected chi connectivity index (χ0v) is 20.8. The molecule has 4 rings (SSSR count). The third-order valence-corrected chi connectivity index (χ3v) is 7.18. The standard InChI is InChI=1S/C28H29N3OSi/c1-21-11-13-23(14-12-21)26(22-9-7-6-8-10-22)19-28(33(3,4)5)31-29-20-27(30-31)24-15-17-25(32-2)18-16-24/h6-18,20H,1-5H3. The number of ether oxygens (including phenoxy) is 1. The van der Waals surface area contributed by atoms with Crippen molar-refractivity contribution in [3.8, 4) is 17.0 Å². The molecule has 0 radical (unpaired) electrons. The number of aryl methyl sites for hydroxylation is 1. The van der Waals surface area contributed by atoms with Gasteiger partial charge in [-0.25, -0.2) is 0 Å². The average molecular weight is 452 g/mol. The van der Waals surface area contributed by atoms with Crippen LogP contribution in [0.3, 0.4) is 0 Å². The van der Waals surface area contributed by atoms with Gasteiger partial charge in [0.25, 0.3) is 0 Å². The summed E-state index contributed by atoms with van der Waals surface area (Å²) in [4.78, 5) is 1.77. The van der Waals surface area contributed by atoms with Crippen molar-refractivity contribution in [2.24, 2.45) is 0 Å². The molecule has 0 unspecified atom stereocenters. The second-order valence-corrected chi connectivity index (χ2v) is 14.1. The number of rotatable bonds is 6. The van der Waals surface area contributed by atoms with Crippen molar-refractivity contribution < 1.29 is 4.74 Å². The van der Waals surface area contributed by atoms with Crippen molar-refractivity contribution >= 4 is 19.0 Å². The first-order valence-corrected chi connectivity index (χ1v) is 14.6. The number of methoxy groups -OCH3 is 1. The molecule has 0 saturated heterocycles. The smallest absolute Gasteiger partial charge is 0.118 e. The Labute approximate surface area is 196 Å². The van der Waals surface area contributed by atoms with E-state index < -0.39 is 8.07 Å². The summed E-state index contributed by atoms with van der Waals surface area (Å²) in [5.41, 5.74) is 10.1. The van der Waals surface area contributed by atoms with E-state index >= 15 is 0 Å². The molecular weight excluding hydrogens is 422 g/mol. The highest BCUT2D eigenvalue weighted by Gasteiger charge is 2.24. The molecular formula is C28H29N3OSi. The molecule has 0 saturated carbocycles. The van der Waals surface area contributed by atoms with E-state index in [0.29, 0.717) is 0 Å². The van der Waals surface area contributed by atoms with Crippen LogP contribution in [0, 0.1) is 6.92 Å². The van der Waals surface area contributed by atoms with Crippen LogP contribution in [0.4, 0.5) is 0 Å². The largest absolute Gasteiger partial charge is 0.497 e. The molecule has 0 bridgehead atoms. The molecule has 4 nitrogen and oxygen atoms in total. The van der Waals surface area contributed by atoms with Crippen molar-refractivity contribution in [1.29, 1.82) is 0 Å². The van der Waals surface area contributed by atoms with E-state index in [1.165, 1.54) is 5.56 Å². The zero-order valence-electron chi connectivity index (χ0n) is 19.8. The number of nitrogens with zero attached hydrogens (tertiary/aromatic N) is 3. The SMILES string of the molecule is COc1ccc(-c2cnn(C(=C=C(c3ccccc3)c3ccc(C)cc3)[Si](C)(C)C)n2)cc1. The fraction of sp³-hybridized carbons (Fsp3) is 0.179. The summed E-state index contributed by atoms with van der Waals surface area (Å²) in [5.74, 6) is 0.822. The van der Waals surface area contributed by atoms with Gasteiger partial charge in [-0.3, -0.25) is 0 Å². The fourth-order valence-corrected chi connectivity index (χ4v) is 4.76. The predicted octanol–water partition coefficient (Wildman–Crippen LogP) is 6.71. The van der Waals surface area contributed by atoms with Crippen molar-refractivity contribution in [3.05, 3.63) is 107 Å². The molecule has 0 spiro atoms. The summed E-state index contributed by atoms with van der Waals surface area (Å²) >= 11 is 0. The van der Waals surface area contributed by atoms with E-state index in [1.54, 1.807) is 11.9 Å². The third-order valence-electron chi connectivity index (χ3n) is 5.43. The number of hydrogen-bond donors (Lipinski definition) is 0. The summed E-state index contributed by atoms with van der Waals surface area (Å²) in [7, 11) is -0.199. The first kappa shape index (κ1) is 22.5. The number of hydrogen-bond acceptors (Lipinski definition) is 3. The monoisotopic (exact) mass is 451 g/mol. The fourth-order valence-electron chi connectivity index (χ4n) is 3.56. The molecule has 0 atom stereocenters. The summed E-state index contributed by atoms with van der Waals surface area (Å²) < 4.78 is 5.28. The molecule has 0 aliphatic carbocycles. The van der Waals surface area contributed by atoms with Gasteiger partial charge in [0, 0.05) is 11.1 Å². The van der Waals surface area contributed by atoms with Gasteiger partial charge >= 0.3 is 0 Å². The lowest BCUT2D eigenvalue weighted by Crippen LogP contribution is -2.27. The molecule has 1 heterocycles. The van der Waals surface area contributed by atoms with E-state index in [9.17, 15) is 0 Å². The highest BCUT2D eigenvalue weighted by atomic mass is 28.3. The van der Waals surface area contributed by atoms with Crippen molar-refractivity contribution in [3.63, 3.8) is 0 Å². The maximum Gasteiger partial charge on any atom is 0.118 e. The molecule has 166 valence electrons. The molecule has 0 amide bonds. The Bertz CT molecular complexity index is 1290. The highest BCUT2D eigenvalue weighted by Crippen LogP contribution is 2.27. The Morgan fingerprint density at radius 3 is 2.09 bits per heavy atom. The van der Waals surface area contributed by atoms with E-state index in [-0.39, 0.29) is 0 Å². The van der Waals surface area contributed by atoms with Gasteiger partial charge in [-0.2, -0.15) is 9.90 Å². The minimum atomic E-state index is -1.87. The Morgan fingerprint density at radius 1 is 0.848 bits per heavy atom. The van der Waals surface area contributed by atoms with E-state index in [1.807, 2.05) is 36.5 Å². The van der Waals surface area contributed by atoms with Crippen LogP contribution in [0.25, 0.3) is 22.2 Å². The lowest BCUT2D eigenvalue weighted by Gasteiger charge is -2.18. The quantitative estimate of drug-likeness (QED) is 0.242. The van der Waals surface area contributed by atoms with E-state index in [2.05, 4.69) is 85.9 Å². The van der Waals surface area contributed by atoms with Crippen molar-refractivity contribution in [1.82, 2.24) is 15.0 Å². The Balaban J connectivity index is 1.90. The molecule has 0 N–H and O–H groups in total. The van der Waals surface area contributed by atoms with E-state index in [4.69, 9.17) is 9.84 Å². The van der Waals surface area contributed by atoms with Gasteiger partial charge in [0.1, 0.15) is 19.5 Å². The molecule has 0 aliphatic rings. The van der Waals surface area contributed by atoms with Crippen LogP contribution in [0.15, 0.2) is 90.8 Å². The van der Waals surface area contributed by atoms with Gasteiger partial charge in [0.2, 0.25) is 0 Å². The van der Waals surface area contributed by atoms with Crippen LogP contribution >= 0.6 is 0 Å². The van der Waals surface area contributed by atoms with Crippen LogP contribution in [0.5, 0.6) is 5.75 Å². The Morgan fingerprint density at radius 2 is 1.48 bits per heavy atom. The van der Waals surface area contributed by atoms with Crippen molar-refractivity contribution in [2.75, 3.05) is 7.11 Å². The van der Waals surface area contributed by atoms with Crippen LogP contribution in [-0.4, -0.2) is 30.2 Å². The average Bonchev–Trinajstić information content (AvgIpc) is 3.30. The van der Waals surface area contributed by atoms with Crippen LogP contribution in [-0.2, 0) is 0 Å². The first-order valence-electron chi connectivity index (χ1n) is 11.1. The predicted molar refractivity (Wildman–Crippen MR) is 139 cm³/mol. The van der Waals surface area contributed by atoms with Gasteiger partial charge in [-0.05, 0) is 42.3 Å². The van der Waals surface area contributed by atoms with Gasteiger partial charge in [-0.1, -0.05) is 85.5 Å². The molecule has 33 heavy (non-hydrogen) atoms. The van der Waals surface area contributed by atoms with Gasteiger partial charge in [0.15, 0.2) is 0 Å². The Kier molecular flexibility index (Phi) is 6.45. The minimum Gasteiger partial charge on any atom is -0.497 e. The van der Waals surface area contributed by atoms with Crippen molar-refractivity contribution in [2.45, 2.75) is 26.6 Å².